The fraction of sp³-hybridized carbons (Fsp3) is 0.818. The third kappa shape index (κ3) is 45.3. The van der Waals surface area contributed by atoms with Gasteiger partial charge in [0.2, 0.25) is 35.4 Å². The highest BCUT2D eigenvalue weighted by Crippen LogP contribution is 2.12. The maximum Gasteiger partial charge on any atom is 0.243 e. The molecule has 0 saturated heterocycles. The van der Waals surface area contributed by atoms with Crippen molar-refractivity contribution < 1.29 is 28.8 Å². The average Bonchev–Trinajstić information content (AvgIpc) is 3.36. The van der Waals surface area contributed by atoms with Gasteiger partial charge in [-0.1, -0.05) is 141 Å². The van der Waals surface area contributed by atoms with E-state index >= 15 is 0 Å². The van der Waals surface area contributed by atoms with E-state index in [9.17, 15) is 28.8 Å². The number of carbonyl (C=O) groups is 6. The molecule has 0 aromatic carbocycles. The van der Waals surface area contributed by atoms with Crippen LogP contribution in [0.4, 0.5) is 0 Å². The van der Waals surface area contributed by atoms with E-state index in [0.29, 0.717) is 39.0 Å². The molecule has 0 aliphatic carbocycles. The Labute approximate surface area is 443 Å². The second-order valence-electron chi connectivity index (χ2n) is 19.1. The molecule has 0 aromatic rings. The summed E-state index contributed by atoms with van der Waals surface area (Å²) in [6.45, 7) is 7.33. The molecule has 16 heteroatoms. The summed E-state index contributed by atoms with van der Waals surface area (Å²) in [6, 6.07) is -0.751. The van der Waals surface area contributed by atoms with E-state index < -0.39 is 12.0 Å². The summed E-state index contributed by atoms with van der Waals surface area (Å²) >= 11 is 8.57. The number of unbranched alkanes of at least 4 members (excludes halogenated alkanes) is 22. The molecule has 0 heterocycles. The largest absolute Gasteiger partial charge is 0.355 e. The van der Waals surface area contributed by atoms with Crippen LogP contribution in [0.2, 0.25) is 0 Å². The number of carbonyl (C=O) groups excluding carboxylic acids is 6. The molecule has 2 atom stereocenters. The average molecular weight is 1040 g/mol. The zero-order valence-electron chi connectivity index (χ0n) is 44.8. The van der Waals surface area contributed by atoms with Crippen molar-refractivity contribution >= 4 is 60.7 Å². The first kappa shape index (κ1) is 67.9. The molecule has 0 fully saturated rings. The molecule has 71 heavy (non-hydrogen) atoms. The summed E-state index contributed by atoms with van der Waals surface area (Å²) in [6.07, 6.45) is 41.6. The first-order valence-electron chi connectivity index (χ1n) is 28.2. The smallest absolute Gasteiger partial charge is 0.243 e. The minimum atomic E-state index is -0.751. The molecule has 8 N–H and O–H groups in total. The Hall–Kier alpha value is -3.08. The van der Waals surface area contributed by atoms with Crippen LogP contribution in [0.15, 0.2) is 24.3 Å². The van der Waals surface area contributed by atoms with E-state index in [1.165, 1.54) is 109 Å². The number of nitrogens with two attached hydrogens (primary N) is 1. The van der Waals surface area contributed by atoms with Crippen molar-refractivity contribution in [2.45, 2.75) is 213 Å². The normalized spacial score (nSPS) is 12.3. The number of hydrogen-bond acceptors (Lipinski definition) is 10. The van der Waals surface area contributed by atoms with Crippen molar-refractivity contribution in [2.24, 2.45) is 11.7 Å². The minimum absolute atomic E-state index is 0.0552. The predicted octanol–water partition coefficient (Wildman–Crippen LogP) is 8.64. The Morgan fingerprint density at radius 2 is 0.817 bits per heavy atom. The monoisotopic (exact) mass is 1040 g/mol. The van der Waals surface area contributed by atoms with Gasteiger partial charge in [0.05, 0.1) is 5.92 Å². The Kier molecular flexibility index (Phi) is 49.6. The van der Waals surface area contributed by atoms with Crippen molar-refractivity contribution in [2.75, 3.05) is 70.4 Å². The van der Waals surface area contributed by atoms with Crippen LogP contribution in [0, 0.1) is 5.92 Å². The van der Waals surface area contributed by atoms with E-state index in [2.05, 4.69) is 95.3 Å². The SMILES string of the molecule is CCCCCCCC/C=C\CCCCCCCC(=O)NCC(CS)C(=O)NCCNC(=O)CCN(CCN)CCC(=O)NCCNC(=O)C(CS)NC(=O)CCCCCCC/C=C\CCCCCCCC. The molecule has 0 rings (SSSR count). The van der Waals surface area contributed by atoms with Crippen molar-refractivity contribution in [1.82, 2.24) is 36.8 Å². The summed E-state index contributed by atoms with van der Waals surface area (Å²) in [4.78, 5) is 77.4. The maximum absolute atomic E-state index is 12.7. The molecular formula is C55H104N8O6S2. The van der Waals surface area contributed by atoms with E-state index in [-0.39, 0.29) is 92.5 Å². The summed E-state index contributed by atoms with van der Waals surface area (Å²) in [7, 11) is 0. The van der Waals surface area contributed by atoms with Gasteiger partial charge in [-0.05, 0) is 64.2 Å². The highest BCUT2D eigenvalue weighted by atomic mass is 32.1. The van der Waals surface area contributed by atoms with E-state index in [1.54, 1.807) is 0 Å². The van der Waals surface area contributed by atoms with Crippen LogP contribution in [0.5, 0.6) is 0 Å². The van der Waals surface area contributed by atoms with Crippen LogP contribution in [-0.4, -0.2) is 117 Å². The highest BCUT2D eigenvalue weighted by molar-refractivity contribution is 7.80. The molecule has 14 nitrogen and oxygen atoms in total. The lowest BCUT2D eigenvalue weighted by Gasteiger charge is -2.21. The van der Waals surface area contributed by atoms with Gasteiger partial charge in [0.25, 0.3) is 0 Å². The first-order valence-corrected chi connectivity index (χ1v) is 29.5. The fourth-order valence-electron chi connectivity index (χ4n) is 8.00. The van der Waals surface area contributed by atoms with E-state index in [0.717, 1.165) is 57.8 Å². The van der Waals surface area contributed by atoms with Gasteiger partial charge >= 0.3 is 0 Å². The van der Waals surface area contributed by atoms with Gasteiger partial charge in [0.1, 0.15) is 6.04 Å². The Morgan fingerprint density at radius 1 is 0.437 bits per heavy atom. The molecule has 0 radical (unpaired) electrons. The van der Waals surface area contributed by atoms with Crippen LogP contribution in [0.1, 0.15) is 206 Å². The van der Waals surface area contributed by atoms with Crippen LogP contribution >= 0.6 is 25.3 Å². The number of allylic oxidation sites excluding steroid dienone is 4. The third-order valence-electron chi connectivity index (χ3n) is 12.6. The molecule has 0 spiro atoms. The Morgan fingerprint density at radius 3 is 1.24 bits per heavy atom. The van der Waals surface area contributed by atoms with Crippen molar-refractivity contribution in [3.05, 3.63) is 24.3 Å². The van der Waals surface area contributed by atoms with Gasteiger partial charge < -0.3 is 42.5 Å². The first-order chi connectivity index (χ1) is 34.6. The number of nitrogens with one attached hydrogen (secondary N) is 6. The molecule has 0 aliphatic rings. The lowest BCUT2D eigenvalue weighted by atomic mass is 10.1. The van der Waals surface area contributed by atoms with Crippen LogP contribution in [0.3, 0.4) is 0 Å². The molecule has 0 saturated carbocycles. The second-order valence-corrected chi connectivity index (χ2v) is 19.8. The van der Waals surface area contributed by atoms with Gasteiger partial charge in [-0.2, -0.15) is 25.3 Å². The number of amides is 6. The fourth-order valence-corrected chi connectivity index (χ4v) is 8.55. The van der Waals surface area contributed by atoms with Crippen LogP contribution in [0.25, 0.3) is 0 Å². The van der Waals surface area contributed by atoms with Crippen molar-refractivity contribution in [3.8, 4) is 0 Å². The molecule has 6 amide bonds. The number of nitrogens with zero attached hydrogens (tertiary/aromatic N) is 1. The van der Waals surface area contributed by atoms with E-state index in [4.69, 9.17) is 5.73 Å². The zero-order valence-corrected chi connectivity index (χ0v) is 46.6. The molecule has 0 aliphatic heterocycles. The number of thiol groups is 2. The molecular weight excluding hydrogens is 933 g/mol. The summed E-state index contributed by atoms with van der Waals surface area (Å²) in [5, 5.41) is 16.9. The number of rotatable bonds is 51. The Bertz CT molecular complexity index is 1410. The summed E-state index contributed by atoms with van der Waals surface area (Å²) < 4.78 is 0. The topological polar surface area (TPSA) is 204 Å². The molecule has 412 valence electrons. The summed E-state index contributed by atoms with van der Waals surface area (Å²) in [5.41, 5.74) is 5.79. The number of hydrogen-bond donors (Lipinski definition) is 9. The zero-order chi connectivity index (χ0) is 52.3. The second kappa shape index (κ2) is 51.8. The standard InChI is InChI=1S/C55H104N8O6S2/c1-3-5-7-9-11-13-15-17-19-21-23-25-27-29-31-33-50(64)61-45-48(46-70)54(68)59-40-38-57-51(65)35-42-63(44-37-56)43-36-52(66)58-39-41-60-55(69)49(47-71)62-53(67)34-32-30-28-26-24-22-20-18-16-14-12-10-8-6-4-2/h17-20,48-49,70-71H,3-16,21-47,56H2,1-2H3,(H,57,65)(H,58,66)(H,59,68)(H,60,69)(H,61,64)(H,62,67)/b19-17-,20-18-. The maximum atomic E-state index is 12.7. The van der Waals surface area contributed by atoms with Crippen molar-refractivity contribution in [3.63, 3.8) is 0 Å². The lowest BCUT2D eigenvalue weighted by molar-refractivity contribution is -0.128. The van der Waals surface area contributed by atoms with Gasteiger partial charge in [-0.25, -0.2) is 0 Å². The van der Waals surface area contributed by atoms with Gasteiger partial charge in [0, 0.05) is 96.1 Å². The van der Waals surface area contributed by atoms with Gasteiger partial charge in [-0.15, -0.1) is 0 Å². The predicted molar refractivity (Wildman–Crippen MR) is 302 cm³/mol. The van der Waals surface area contributed by atoms with Crippen molar-refractivity contribution in [1.29, 1.82) is 0 Å². The summed E-state index contributed by atoms with van der Waals surface area (Å²) in [5.74, 6) is -1.20. The highest BCUT2D eigenvalue weighted by Gasteiger charge is 2.20. The van der Waals surface area contributed by atoms with Gasteiger partial charge in [0.15, 0.2) is 0 Å². The molecule has 2 unspecified atom stereocenters. The Balaban J connectivity index is 4.09. The minimum Gasteiger partial charge on any atom is -0.355 e. The van der Waals surface area contributed by atoms with Crippen LogP contribution in [-0.2, 0) is 28.8 Å². The van der Waals surface area contributed by atoms with Gasteiger partial charge in [-0.3, -0.25) is 28.8 Å². The third-order valence-corrected chi connectivity index (χ3v) is 13.4. The van der Waals surface area contributed by atoms with Crippen LogP contribution < -0.4 is 37.6 Å². The lowest BCUT2D eigenvalue weighted by Crippen LogP contribution is -2.49. The molecule has 0 bridgehead atoms. The quantitative estimate of drug-likeness (QED) is 0.0164. The van der Waals surface area contributed by atoms with E-state index in [1.807, 2.05) is 4.90 Å². The molecule has 0 aromatic heterocycles.